The number of anilines is 1. The lowest BCUT2D eigenvalue weighted by molar-refractivity contribution is 0.102. The van der Waals surface area contributed by atoms with Crippen molar-refractivity contribution in [2.45, 2.75) is 16.6 Å². The Hall–Kier alpha value is -2.33. The highest BCUT2D eigenvalue weighted by molar-refractivity contribution is 7.96. The van der Waals surface area contributed by atoms with Gasteiger partial charge in [0.25, 0.3) is 5.91 Å². The Bertz CT molecular complexity index is 1110. The summed E-state index contributed by atoms with van der Waals surface area (Å²) >= 11 is 0. The van der Waals surface area contributed by atoms with Crippen LogP contribution < -0.4 is 5.32 Å². The lowest BCUT2D eigenvalue weighted by atomic mass is 10.2. The summed E-state index contributed by atoms with van der Waals surface area (Å²) in [5.74, 6) is -3.54. The highest BCUT2D eigenvalue weighted by Gasteiger charge is 2.38. The molecule has 3 rings (SSSR count). The molecule has 1 heterocycles. The number of rotatable bonds is 4. The zero-order valence-corrected chi connectivity index (χ0v) is 15.5. The van der Waals surface area contributed by atoms with Gasteiger partial charge in [-0.1, -0.05) is 6.07 Å². The van der Waals surface area contributed by atoms with E-state index in [9.17, 15) is 30.4 Å². The fourth-order valence-corrected chi connectivity index (χ4v) is 7.19. The van der Waals surface area contributed by atoms with Crippen molar-refractivity contribution < 1.29 is 30.4 Å². The van der Waals surface area contributed by atoms with Crippen LogP contribution in [0.4, 0.5) is 14.5 Å². The summed E-state index contributed by atoms with van der Waals surface area (Å²) in [6.07, 6.45) is 0.00987. The molecule has 6 nitrogen and oxygen atoms in total. The largest absolute Gasteiger partial charge is 0.322 e. The van der Waals surface area contributed by atoms with E-state index in [1.165, 1.54) is 24.3 Å². The molecule has 1 atom stereocenters. The predicted octanol–water partition coefficient (Wildman–Crippen LogP) is 2.18. The molecule has 2 aromatic carbocycles. The van der Waals surface area contributed by atoms with Crippen LogP contribution in [0.15, 0.2) is 47.4 Å². The first-order valence-electron chi connectivity index (χ1n) is 7.89. The Kier molecular flexibility index (Phi) is 5.04. The molecule has 1 aliphatic heterocycles. The van der Waals surface area contributed by atoms with Gasteiger partial charge in [0, 0.05) is 17.3 Å². The van der Waals surface area contributed by atoms with E-state index in [2.05, 4.69) is 5.32 Å². The van der Waals surface area contributed by atoms with Crippen LogP contribution in [-0.2, 0) is 19.7 Å². The highest BCUT2D eigenvalue weighted by Crippen LogP contribution is 2.26. The van der Waals surface area contributed by atoms with Crippen LogP contribution in [0.1, 0.15) is 16.8 Å². The van der Waals surface area contributed by atoms with Crippen molar-refractivity contribution in [1.82, 2.24) is 0 Å². The minimum atomic E-state index is -3.92. The van der Waals surface area contributed by atoms with Gasteiger partial charge in [0.15, 0.2) is 31.3 Å². The summed E-state index contributed by atoms with van der Waals surface area (Å²) in [6, 6.07) is 7.96. The average molecular weight is 415 g/mol. The van der Waals surface area contributed by atoms with Crippen molar-refractivity contribution >= 4 is 31.3 Å². The van der Waals surface area contributed by atoms with E-state index < -0.39 is 48.2 Å². The van der Waals surface area contributed by atoms with Crippen molar-refractivity contribution in [3.8, 4) is 0 Å². The first-order valence-corrected chi connectivity index (χ1v) is 11.3. The summed E-state index contributed by atoms with van der Waals surface area (Å²) in [6.45, 7) is 0. The van der Waals surface area contributed by atoms with Crippen LogP contribution in [-0.4, -0.2) is 39.5 Å². The maximum atomic E-state index is 13.2. The second-order valence-electron chi connectivity index (χ2n) is 6.18. The first-order chi connectivity index (χ1) is 12.6. The van der Waals surface area contributed by atoms with E-state index in [-0.39, 0.29) is 28.3 Å². The summed E-state index contributed by atoms with van der Waals surface area (Å²) < 4.78 is 74.6. The predicted molar refractivity (Wildman–Crippen MR) is 95.0 cm³/mol. The second-order valence-corrected chi connectivity index (χ2v) is 10.6. The first kappa shape index (κ1) is 19.4. The summed E-state index contributed by atoms with van der Waals surface area (Å²) in [5, 5.41) is 1.30. The van der Waals surface area contributed by atoms with E-state index in [0.29, 0.717) is 0 Å². The number of hydrogen-bond donors (Lipinski definition) is 1. The molecule has 1 aliphatic rings. The Morgan fingerprint density at radius 2 is 1.81 bits per heavy atom. The van der Waals surface area contributed by atoms with Crippen LogP contribution in [0, 0.1) is 11.6 Å². The van der Waals surface area contributed by atoms with Crippen molar-refractivity contribution in [1.29, 1.82) is 0 Å². The summed E-state index contributed by atoms with van der Waals surface area (Å²) in [4.78, 5) is 12.1. The molecule has 2 aromatic rings. The van der Waals surface area contributed by atoms with Gasteiger partial charge >= 0.3 is 0 Å². The standard InChI is InChI=1S/C17H15F2NO5S2/c18-15-5-4-12(9-16(15)19)20-17(21)11-2-1-3-13(8-11)27(24,25)14-6-7-26(22,23)10-14/h1-5,8-9,14H,6-7,10H2,(H,20,21). The van der Waals surface area contributed by atoms with Crippen LogP contribution in [0.25, 0.3) is 0 Å². The Labute approximate surface area is 155 Å². The average Bonchev–Trinajstić information content (AvgIpc) is 2.99. The molecule has 1 saturated heterocycles. The number of halogens is 2. The molecule has 0 aromatic heterocycles. The Morgan fingerprint density at radius 3 is 2.44 bits per heavy atom. The van der Waals surface area contributed by atoms with Gasteiger partial charge in [-0.25, -0.2) is 25.6 Å². The topological polar surface area (TPSA) is 97.4 Å². The van der Waals surface area contributed by atoms with Crippen LogP contribution in [0.5, 0.6) is 0 Å². The van der Waals surface area contributed by atoms with Gasteiger partial charge in [0.1, 0.15) is 0 Å². The molecule has 1 unspecified atom stereocenters. The van der Waals surface area contributed by atoms with Crippen LogP contribution in [0.2, 0.25) is 0 Å². The van der Waals surface area contributed by atoms with E-state index in [0.717, 1.165) is 18.2 Å². The maximum Gasteiger partial charge on any atom is 0.255 e. The third-order valence-corrected chi connectivity index (χ3v) is 8.40. The number of amides is 1. The number of carbonyl (C=O) groups excluding carboxylic acids is 1. The molecule has 0 saturated carbocycles. The minimum Gasteiger partial charge on any atom is -0.322 e. The molecule has 27 heavy (non-hydrogen) atoms. The maximum absolute atomic E-state index is 13.2. The van der Waals surface area contributed by atoms with E-state index in [1.54, 1.807) is 0 Å². The molecule has 0 spiro atoms. The number of hydrogen-bond acceptors (Lipinski definition) is 5. The van der Waals surface area contributed by atoms with E-state index in [1.807, 2.05) is 0 Å². The molecule has 1 fully saturated rings. The van der Waals surface area contributed by atoms with Crippen LogP contribution >= 0.6 is 0 Å². The van der Waals surface area contributed by atoms with Gasteiger partial charge in [-0.3, -0.25) is 4.79 Å². The van der Waals surface area contributed by atoms with Gasteiger partial charge in [-0.2, -0.15) is 0 Å². The van der Waals surface area contributed by atoms with Crippen molar-refractivity contribution in [3.63, 3.8) is 0 Å². The number of benzene rings is 2. The zero-order chi connectivity index (χ0) is 19.8. The molecule has 0 aliphatic carbocycles. The van der Waals surface area contributed by atoms with Gasteiger partial charge in [-0.15, -0.1) is 0 Å². The zero-order valence-electron chi connectivity index (χ0n) is 13.9. The molecule has 10 heteroatoms. The minimum absolute atomic E-state index is 0.00838. The van der Waals surface area contributed by atoms with Crippen molar-refractivity contribution in [3.05, 3.63) is 59.7 Å². The third kappa shape index (κ3) is 4.16. The Morgan fingerprint density at radius 1 is 1.07 bits per heavy atom. The molecular weight excluding hydrogens is 400 g/mol. The molecular formula is C17H15F2NO5S2. The van der Waals surface area contributed by atoms with Crippen LogP contribution in [0.3, 0.4) is 0 Å². The lowest BCUT2D eigenvalue weighted by Gasteiger charge is -2.11. The monoisotopic (exact) mass is 415 g/mol. The van der Waals surface area contributed by atoms with E-state index in [4.69, 9.17) is 0 Å². The van der Waals surface area contributed by atoms with Gasteiger partial charge in [0.05, 0.1) is 21.7 Å². The molecule has 0 radical (unpaired) electrons. The highest BCUT2D eigenvalue weighted by atomic mass is 32.2. The van der Waals surface area contributed by atoms with Crippen molar-refractivity contribution in [2.75, 3.05) is 16.8 Å². The fourth-order valence-electron chi connectivity index (χ4n) is 2.79. The van der Waals surface area contributed by atoms with Gasteiger partial charge < -0.3 is 5.32 Å². The third-order valence-electron chi connectivity index (χ3n) is 4.23. The fraction of sp³-hybridized carbons (Fsp3) is 0.235. The molecule has 0 bridgehead atoms. The van der Waals surface area contributed by atoms with Crippen molar-refractivity contribution in [2.24, 2.45) is 0 Å². The van der Waals surface area contributed by atoms with Gasteiger partial charge in [-0.05, 0) is 36.8 Å². The summed E-state index contributed by atoms with van der Waals surface area (Å²) in [5.41, 5.74) is -0.00397. The quantitative estimate of drug-likeness (QED) is 0.826. The molecule has 144 valence electrons. The second kappa shape index (κ2) is 7.01. The Balaban J connectivity index is 1.84. The number of carbonyl (C=O) groups is 1. The lowest BCUT2D eigenvalue weighted by Crippen LogP contribution is -2.23. The smallest absolute Gasteiger partial charge is 0.255 e. The SMILES string of the molecule is O=C(Nc1ccc(F)c(F)c1)c1cccc(S(=O)(=O)C2CCS(=O)(=O)C2)c1. The number of sulfone groups is 2. The van der Waals surface area contributed by atoms with Gasteiger partial charge in [0.2, 0.25) is 0 Å². The molecule has 1 amide bonds. The summed E-state index contributed by atoms with van der Waals surface area (Å²) in [7, 11) is -7.31. The molecule has 1 N–H and O–H groups in total. The van der Waals surface area contributed by atoms with E-state index >= 15 is 0 Å². The number of nitrogens with one attached hydrogen (secondary N) is 1. The normalized spacial score (nSPS) is 19.0.